The van der Waals surface area contributed by atoms with Gasteiger partial charge >= 0.3 is 6.03 Å². The highest BCUT2D eigenvalue weighted by Crippen LogP contribution is 2.47. The van der Waals surface area contributed by atoms with Gasteiger partial charge in [-0.1, -0.05) is 85.6 Å². The minimum atomic E-state index is -1.02. The van der Waals surface area contributed by atoms with Gasteiger partial charge in [0.25, 0.3) is 5.91 Å². The van der Waals surface area contributed by atoms with E-state index in [9.17, 15) is 33.6 Å². The summed E-state index contributed by atoms with van der Waals surface area (Å²) in [6, 6.07) is -4.13. The van der Waals surface area contributed by atoms with Crippen LogP contribution in [0.4, 0.5) is 4.79 Å². The van der Waals surface area contributed by atoms with Gasteiger partial charge in [-0.25, -0.2) is 4.79 Å². The fourth-order valence-electron chi connectivity index (χ4n) is 8.79. The molecule has 7 amide bonds. The molecule has 54 heavy (non-hydrogen) atoms. The molecular weight excluding hydrogens is 688 g/mol. The maximum Gasteiger partial charge on any atom is 0.315 e. The first-order valence-corrected chi connectivity index (χ1v) is 20.4. The zero-order chi connectivity index (χ0) is 39.8. The summed E-state index contributed by atoms with van der Waals surface area (Å²) in [5.74, 6) is -2.61. The molecule has 13 heteroatoms. The third kappa shape index (κ3) is 10.7. The first-order chi connectivity index (χ1) is 25.5. The van der Waals surface area contributed by atoms with Crippen LogP contribution < -0.4 is 21.3 Å². The largest absolute Gasteiger partial charge is 0.346 e. The van der Waals surface area contributed by atoms with Crippen LogP contribution in [0, 0.1) is 22.2 Å². The van der Waals surface area contributed by atoms with E-state index < -0.39 is 64.5 Å². The van der Waals surface area contributed by atoms with Gasteiger partial charge < -0.3 is 26.2 Å². The standard InChI is InChI=1S/C41H66N6O7/c1-8-22-42-36(52)33(50)28(23-27-16-17-27)43-35(51)29(9-2)46(10-3)37(53)34(40(7)18-12-11-13-19-40)45-38(54)44-30(39(4,5)6)26-47-31(48)24-41(25-32(47)49)20-14-15-21-41/h8,27-30,34H,1,9-26H2,2-7H3,(H,42,52)(H,43,51)(H2,44,45,54)/t28?,29-,30+,34+/m0/s1. The molecule has 4 fully saturated rings. The summed E-state index contributed by atoms with van der Waals surface area (Å²) >= 11 is 0. The predicted octanol–water partition coefficient (Wildman–Crippen LogP) is 4.53. The Kier molecular flexibility index (Phi) is 14.5. The van der Waals surface area contributed by atoms with Crippen LogP contribution in [-0.4, -0.2) is 95.0 Å². The molecule has 0 bridgehead atoms. The number of imide groups is 1. The number of carbonyl (C=O) groups excluding carboxylic acids is 7. The van der Waals surface area contributed by atoms with Gasteiger partial charge in [-0.05, 0) is 67.6 Å². The summed E-state index contributed by atoms with van der Waals surface area (Å²) < 4.78 is 0. The van der Waals surface area contributed by atoms with Crippen molar-refractivity contribution in [1.29, 1.82) is 0 Å². The van der Waals surface area contributed by atoms with Crippen LogP contribution in [0.25, 0.3) is 0 Å². The van der Waals surface area contributed by atoms with Gasteiger partial charge in [0.2, 0.25) is 29.4 Å². The molecule has 302 valence electrons. The normalized spacial score (nSPS) is 21.7. The molecule has 1 spiro atoms. The highest BCUT2D eigenvalue weighted by molar-refractivity contribution is 6.38. The molecule has 1 heterocycles. The predicted molar refractivity (Wildman–Crippen MR) is 206 cm³/mol. The molecule has 3 saturated carbocycles. The number of Topliss-reactive ketones (excluding diaryl/α,β-unsaturated/α-hetero) is 1. The van der Waals surface area contributed by atoms with E-state index in [1.54, 1.807) is 13.8 Å². The molecule has 4 aliphatic rings. The van der Waals surface area contributed by atoms with Crippen molar-refractivity contribution >= 4 is 41.4 Å². The topological polar surface area (TPSA) is 174 Å². The summed E-state index contributed by atoms with van der Waals surface area (Å²) in [5.41, 5.74) is -1.37. The van der Waals surface area contributed by atoms with Gasteiger partial charge in [0.05, 0.1) is 12.1 Å². The zero-order valence-corrected chi connectivity index (χ0v) is 33.7. The van der Waals surface area contributed by atoms with E-state index in [1.165, 1.54) is 15.9 Å². The van der Waals surface area contributed by atoms with Crippen molar-refractivity contribution in [2.45, 2.75) is 162 Å². The van der Waals surface area contributed by atoms with E-state index in [0.717, 1.165) is 57.8 Å². The smallest absolute Gasteiger partial charge is 0.315 e. The van der Waals surface area contributed by atoms with Crippen LogP contribution in [0.1, 0.15) is 138 Å². The van der Waals surface area contributed by atoms with Crippen molar-refractivity contribution in [1.82, 2.24) is 31.1 Å². The fraction of sp³-hybridized carbons (Fsp3) is 0.780. The Hall–Kier alpha value is -3.77. The van der Waals surface area contributed by atoms with E-state index >= 15 is 0 Å². The number of urea groups is 1. The number of nitrogens with zero attached hydrogens (tertiary/aromatic N) is 2. The van der Waals surface area contributed by atoms with E-state index in [4.69, 9.17) is 0 Å². The van der Waals surface area contributed by atoms with Crippen molar-refractivity contribution in [2.24, 2.45) is 22.2 Å². The highest BCUT2D eigenvalue weighted by atomic mass is 16.2. The number of carbonyl (C=O) groups is 7. The number of likely N-dealkylation sites (tertiary alicyclic amines) is 1. The van der Waals surface area contributed by atoms with E-state index in [-0.39, 0.29) is 49.2 Å². The number of hydrogen-bond acceptors (Lipinski definition) is 7. The SMILES string of the molecule is C=CCNC(=O)C(=O)C(CC1CC1)NC(=O)[C@H](CC)N(CC)C(=O)[C@@H](NC(=O)N[C@H](CN1C(=O)CC2(CCCC2)CC1=O)C(C)(C)C)C1(C)CCCCC1. The molecule has 1 unspecified atom stereocenters. The van der Waals surface area contributed by atoms with Crippen molar-refractivity contribution in [2.75, 3.05) is 19.6 Å². The number of amides is 7. The van der Waals surface area contributed by atoms with Crippen molar-refractivity contribution < 1.29 is 33.6 Å². The highest BCUT2D eigenvalue weighted by Gasteiger charge is 2.48. The average Bonchev–Trinajstić information content (AvgIpc) is 3.83. The van der Waals surface area contributed by atoms with Gasteiger partial charge in [0.1, 0.15) is 12.1 Å². The molecule has 4 rings (SSSR count). The molecule has 0 radical (unpaired) electrons. The number of piperidine rings is 1. The lowest BCUT2D eigenvalue weighted by atomic mass is 9.70. The van der Waals surface area contributed by atoms with Crippen LogP contribution >= 0.6 is 0 Å². The molecule has 1 saturated heterocycles. The van der Waals surface area contributed by atoms with Gasteiger partial charge in [-0.3, -0.25) is 33.7 Å². The minimum absolute atomic E-state index is 0.0338. The van der Waals surface area contributed by atoms with Gasteiger partial charge in [-0.15, -0.1) is 6.58 Å². The van der Waals surface area contributed by atoms with Crippen molar-refractivity contribution in [3.8, 4) is 0 Å². The Balaban J connectivity index is 1.53. The summed E-state index contributed by atoms with van der Waals surface area (Å²) in [6.07, 6.45) is 12.6. The Labute approximate surface area is 321 Å². The monoisotopic (exact) mass is 754 g/mol. The Morgan fingerprint density at radius 2 is 1.50 bits per heavy atom. The first-order valence-electron chi connectivity index (χ1n) is 20.4. The summed E-state index contributed by atoms with van der Waals surface area (Å²) in [7, 11) is 0. The van der Waals surface area contributed by atoms with Crippen LogP contribution in [0.3, 0.4) is 0 Å². The quantitative estimate of drug-likeness (QED) is 0.0959. The van der Waals surface area contributed by atoms with Crippen LogP contribution in [0.2, 0.25) is 0 Å². The van der Waals surface area contributed by atoms with Crippen molar-refractivity contribution in [3.63, 3.8) is 0 Å². The maximum atomic E-state index is 14.7. The molecule has 4 N–H and O–H groups in total. The third-order valence-electron chi connectivity index (χ3n) is 12.5. The Morgan fingerprint density at radius 3 is 2.02 bits per heavy atom. The third-order valence-corrected chi connectivity index (χ3v) is 12.5. The number of nitrogens with one attached hydrogen (secondary N) is 4. The molecular formula is C41H66N6O7. The number of ketones is 1. The maximum absolute atomic E-state index is 14.7. The van der Waals surface area contributed by atoms with Crippen LogP contribution in [0.15, 0.2) is 12.7 Å². The van der Waals surface area contributed by atoms with Crippen LogP contribution in [-0.2, 0) is 28.8 Å². The number of likely N-dealkylation sites (N-methyl/N-ethyl adjacent to an activating group) is 1. The molecule has 0 aromatic heterocycles. The second-order valence-corrected chi connectivity index (χ2v) is 17.8. The Morgan fingerprint density at radius 1 is 0.907 bits per heavy atom. The molecule has 3 aliphatic carbocycles. The number of hydrogen-bond donors (Lipinski definition) is 4. The van der Waals surface area contributed by atoms with Crippen molar-refractivity contribution in [3.05, 3.63) is 12.7 Å². The zero-order valence-electron chi connectivity index (χ0n) is 33.7. The van der Waals surface area contributed by atoms with E-state index in [2.05, 4.69) is 27.8 Å². The summed E-state index contributed by atoms with van der Waals surface area (Å²) in [5, 5.41) is 11.4. The van der Waals surface area contributed by atoms with E-state index in [0.29, 0.717) is 32.1 Å². The Bertz CT molecular complexity index is 1400. The van der Waals surface area contributed by atoms with Gasteiger partial charge in [-0.2, -0.15) is 0 Å². The summed E-state index contributed by atoms with van der Waals surface area (Å²) in [6.45, 7) is 15.3. The lowest BCUT2D eigenvalue weighted by Gasteiger charge is -2.44. The first kappa shape index (κ1) is 43.0. The molecule has 4 atom stereocenters. The lowest BCUT2D eigenvalue weighted by molar-refractivity contribution is -0.154. The fourth-order valence-corrected chi connectivity index (χ4v) is 8.79. The van der Waals surface area contributed by atoms with Gasteiger partial charge in [0, 0.05) is 32.5 Å². The minimum Gasteiger partial charge on any atom is -0.346 e. The molecule has 1 aliphatic heterocycles. The van der Waals surface area contributed by atoms with Crippen LogP contribution in [0.5, 0.6) is 0 Å². The second kappa shape index (κ2) is 18.2. The average molecular weight is 755 g/mol. The molecule has 0 aromatic rings. The second-order valence-electron chi connectivity index (χ2n) is 17.8. The molecule has 13 nitrogen and oxygen atoms in total. The van der Waals surface area contributed by atoms with E-state index in [1.807, 2.05) is 27.7 Å². The lowest BCUT2D eigenvalue weighted by Crippen LogP contribution is -2.64. The number of rotatable bonds is 17. The van der Waals surface area contributed by atoms with Gasteiger partial charge in [0.15, 0.2) is 0 Å². The molecule has 0 aromatic carbocycles. The summed E-state index contributed by atoms with van der Waals surface area (Å²) in [4.78, 5) is 98.0.